The zero-order valence-electron chi connectivity index (χ0n) is 9.15. The second-order valence-electron chi connectivity index (χ2n) is 3.50. The molecule has 2 aromatic rings. The summed E-state index contributed by atoms with van der Waals surface area (Å²) < 4.78 is 26.6. The maximum Gasteiger partial charge on any atom is 0.273 e. The summed E-state index contributed by atoms with van der Waals surface area (Å²) in [5, 5.41) is 0.498. The van der Waals surface area contributed by atoms with E-state index < -0.39 is 10.0 Å². The molecule has 1 heterocycles. The Morgan fingerprint density at radius 1 is 1.33 bits per heavy atom. The van der Waals surface area contributed by atoms with Crippen LogP contribution >= 0.6 is 34.5 Å². The summed E-state index contributed by atoms with van der Waals surface area (Å²) in [6.45, 7) is 1.84. The van der Waals surface area contributed by atoms with Crippen LogP contribution in [0.2, 0.25) is 9.49 Å². The lowest BCUT2D eigenvalue weighted by Crippen LogP contribution is -2.11. The number of nitrogens with zero attached hydrogens (tertiary/aromatic N) is 1. The van der Waals surface area contributed by atoms with Crippen LogP contribution in [0.25, 0.3) is 0 Å². The molecule has 4 nitrogen and oxygen atoms in total. The summed E-state index contributed by atoms with van der Waals surface area (Å²) in [7, 11) is -3.66. The number of sulfonamides is 1. The van der Waals surface area contributed by atoms with Gasteiger partial charge in [0.05, 0.1) is 11.9 Å². The fourth-order valence-corrected chi connectivity index (χ4v) is 3.75. The molecule has 1 aromatic heterocycles. The van der Waals surface area contributed by atoms with Crippen molar-refractivity contribution in [1.82, 2.24) is 4.98 Å². The molecule has 2 rings (SSSR count). The second-order valence-corrected chi connectivity index (χ2v) is 7.43. The van der Waals surface area contributed by atoms with Crippen LogP contribution in [0.3, 0.4) is 0 Å². The number of halogens is 2. The zero-order valence-corrected chi connectivity index (χ0v) is 12.3. The van der Waals surface area contributed by atoms with Crippen LogP contribution in [0.4, 0.5) is 5.69 Å². The Balaban J connectivity index is 2.30. The van der Waals surface area contributed by atoms with Crippen LogP contribution in [0, 0.1) is 6.92 Å². The molecule has 0 bridgehead atoms. The highest BCUT2D eigenvalue weighted by molar-refractivity contribution is 7.94. The largest absolute Gasteiger partial charge is 0.279 e. The number of nitrogens with one attached hydrogen (secondary N) is 1. The standard InChI is InChI=1S/C10H8Cl2N2O2S2/c1-6-2-3-7(4-8(6)11)14-18(15,16)9-5-13-10(12)17-9/h2-5,14H,1H3. The minimum atomic E-state index is -3.66. The third-order valence-electron chi connectivity index (χ3n) is 2.15. The minimum absolute atomic E-state index is 0.0594. The Morgan fingerprint density at radius 2 is 2.06 bits per heavy atom. The number of aryl methyl sites for hydroxylation is 1. The van der Waals surface area contributed by atoms with Gasteiger partial charge in [-0.05, 0) is 24.6 Å². The van der Waals surface area contributed by atoms with Gasteiger partial charge in [0.2, 0.25) is 0 Å². The van der Waals surface area contributed by atoms with Crippen molar-refractivity contribution in [2.45, 2.75) is 11.1 Å². The molecule has 0 fully saturated rings. The van der Waals surface area contributed by atoms with Crippen LogP contribution in [0.5, 0.6) is 0 Å². The van der Waals surface area contributed by atoms with Crippen LogP contribution in [0.15, 0.2) is 28.6 Å². The van der Waals surface area contributed by atoms with Gasteiger partial charge < -0.3 is 0 Å². The maximum absolute atomic E-state index is 12.0. The Kier molecular flexibility index (Phi) is 3.82. The van der Waals surface area contributed by atoms with Crippen molar-refractivity contribution < 1.29 is 8.42 Å². The third-order valence-corrected chi connectivity index (χ3v) is 5.51. The van der Waals surface area contributed by atoms with Crippen molar-refractivity contribution in [3.63, 3.8) is 0 Å². The lowest BCUT2D eigenvalue weighted by Gasteiger charge is -2.07. The van der Waals surface area contributed by atoms with E-state index in [1.54, 1.807) is 18.2 Å². The van der Waals surface area contributed by atoms with Crippen molar-refractivity contribution in [1.29, 1.82) is 0 Å². The smallest absolute Gasteiger partial charge is 0.273 e. The Labute approximate surface area is 119 Å². The summed E-state index contributed by atoms with van der Waals surface area (Å²) >= 11 is 12.4. The summed E-state index contributed by atoms with van der Waals surface area (Å²) in [6, 6.07) is 4.93. The van der Waals surface area contributed by atoms with E-state index >= 15 is 0 Å². The highest BCUT2D eigenvalue weighted by atomic mass is 35.5. The van der Waals surface area contributed by atoms with E-state index in [0.29, 0.717) is 10.7 Å². The molecule has 1 N–H and O–H groups in total. The zero-order chi connectivity index (χ0) is 13.3. The molecule has 96 valence electrons. The molecule has 0 aliphatic heterocycles. The third kappa shape index (κ3) is 2.95. The highest BCUT2D eigenvalue weighted by Crippen LogP contribution is 2.26. The van der Waals surface area contributed by atoms with E-state index in [2.05, 4.69) is 9.71 Å². The summed E-state index contributed by atoms with van der Waals surface area (Å²) in [5.74, 6) is 0. The molecule has 0 atom stereocenters. The highest BCUT2D eigenvalue weighted by Gasteiger charge is 2.17. The first-order valence-electron chi connectivity index (χ1n) is 4.79. The molecule has 0 radical (unpaired) electrons. The number of rotatable bonds is 3. The summed E-state index contributed by atoms with van der Waals surface area (Å²) in [6.07, 6.45) is 1.21. The van der Waals surface area contributed by atoms with Crippen LogP contribution in [0.1, 0.15) is 5.56 Å². The average Bonchev–Trinajstić information content (AvgIpc) is 2.71. The first-order valence-corrected chi connectivity index (χ1v) is 7.84. The number of hydrogen-bond donors (Lipinski definition) is 1. The topological polar surface area (TPSA) is 59.1 Å². The van der Waals surface area contributed by atoms with Gasteiger partial charge in [0.25, 0.3) is 10.0 Å². The van der Waals surface area contributed by atoms with Gasteiger partial charge in [0, 0.05) is 5.02 Å². The quantitative estimate of drug-likeness (QED) is 0.939. The Morgan fingerprint density at radius 3 is 2.61 bits per heavy atom. The second kappa shape index (κ2) is 5.05. The van der Waals surface area contributed by atoms with Gasteiger partial charge in [-0.2, -0.15) is 0 Å². The predicted octanol–water partition coefficient (Wildman–Crippen LogP) is 3.56. The number of anilines is 1. The molecular formula is C10H8Cl2N2O2S2. The molecule has 0 saturated heterocycles. The fourth-order valence-electron chi connectivity index (χ4n) is 1.23. The van der Waals surface area contributed by atoms with E-state index in [-0.39, 0.29) is 8.68 Å². The average molecular weight is 323 g/mol. The number of aromatic nitrogens is 1. The lowest BCUT2D eigenvalue weighted by atomic mass is 10.2. The fraction of sp³-hybridized carbons (Fsp3) is 0.100. The Hall–Kier alpha value is -0.820. The van der Waals surface area contributed by atoms with Gasteiger partial charge in [-0.1, -0.05) is 40.6 Å². The molecule has 0 amide bonds. The maximum atomic E-state index is 12.0. The summed E-state index contributed by atoms with van der Waals surface area (Å²) in [4.78, 5) is 3.69. The normalized spacial score (nSPS) is 11.5. The van der Waals surface area contributed by atoms with E-state index in [4.69, 9.17) is 23.2 Å². The van der Waals surface area contributed by atoms with Crippen molar-refractivity contribution in [2.24, 2.45) is 0 Å². The van der Waals surface area contributed by atoms with Gasteiger partial charge in [0.1, 0.15) is 0 Å². The number of thiazole rings is 1. The van der Waals surface area contributed by atoms with Crippen molar-refractivity contribution in [2.75, 3.05) is 4.72 Å². The first kappa shape index (κ1) is 13.6. The van der Waals surface area contributed by atoms with Gasteiger partial charge in [-0.3, -0.25) is 4.72 Å². The molecule has 0 unspecified atom stereocenters. The van der Waals surface area contributed by atoms with E-state index in [1.807, 2.05) is 6.92 Å². The van der Waals surface area contributed by atoms with Gasteiger partial charge in [-0.15, -0.1) is 0 Å². The molecule has 8 heteroatoms. The van der Waals surface area contributed by atoms with Crippen molar-refractivity contribution in [3.05, 3.63) is 39.4 Å². The molecule has 0 spiro atoms. The van der Waals surface area contributed by atoms with Gasteiger partial charge in [0.15, 0.2) is 8.68 Å². The lowest BCUT2D eigenvalue weighted by molar-refractivity contribution is 0.603. The monoisotopic (exact) mass is 322 g/mol. The number of hydrogen-bond acceptors (Lipinski definition) is 4. The number of benzene rings is 1. The summed E-state index contributed by atoms with van der Waals surface area (Å²) in [5.41, 5.74) is 1.27. The van der Waals surface area contributed by atoms with Crippen LogP contribution < -0.4 is 4.72 Å². The minimum Gasteiger partial charge on any atom is -0.279 e. The van der Waals surface area contributed by atoms with Crippen molar-refractivity contribution >= 4 is 50.2 Å². The Bertz CT molecular complexity index is 683. The van der Waals surface area contributed by atoms with Crippen LogP contribution in [-0.2, 0) is 10.0 Å². The molecule has 0 saturated carbocycles. The molecule has 18 heavy (non-hydrogen) atoms. The molecular weight excluding hydrogens is 315 g/mol. The predicted molar refractivity (Wildman–Crippen MR) is 74.1 cm³/mol. The molecule has 0 aliphatic rings. The van der Waals surface area contributed by atoms with E-state index in [1.165, 1.54) is 6.20 Å². The molecule has 1 aromatic carbocycles. The SMILES string of the molecule is Cc1ccc(NS(=O)(=O)c2cnc(Cl)s2)cc1Cl. The van der Waals surface area contributed by atoms with E-state index in [0.717, 1.165) is 16.9 Å². The van der Waals surface area contributed by atoms with Crippen molar-refractivity contribution in [3.8, 4) is 0 Å². The van der Waals surface area contributed by atoms with Gasteiger partial charge in [-0.25, -0.2) is 13.4 Å². The van der Waals surface area contributed by atoms with Crippen LogP contribution in [-0.4, -0.2) is 13.4 Å². The van der Waals surface area contributed by atoms with E-state index in [9.17, 15) is 8.42 Å². The first-order chi connectivity index (χ1) is 8.38. The van der Waals surface area contributed by atoms with Gasteiger partial charge >= 0.3 is 0 Å². The molecule has 0 aliphatic carbocycles.